The van der Waals surface area contributed by atoms with Gasteiger partial charge in [0.25, 0.3) is 0 Å². The predicted octanol–water partition coefficient (Wildman–Crippen LogP) is 3.11. The Bertz CT molecular complexity index is 417. The zero-order chi connectivity index (χ0) is 13.7. The molecule has 0 unspecified atom stereocenters. The van der Waals surface area contributed by atoms with Gasteiger partial charge in [-0.25, -0.2) is 4.79 Å². The molecule has 0 aromatic carbocycles. The van der Waals surface area contributed by atoms with Gasteiger partial charge in [0.2, 0.25) is 0 Å². The van der Waals surface area contributed by atoms with Gasteiger partial charge < -0.3 is 15.0 Å². The van der Waals surface area contributed by atoms with Crippen LogP contribution in [0, 0.1) is 0 Å². The Labute approximate surface area is 122 Å². The van der Waals surface area contributed by atoms with E-state index in [0.717, 1.165) is 37.5 Å². The van der Waals surface area contributed by atoms with Crippen molar-refractivity contribution in [3.63, 3.8) is 0 Å². The van der Waals surface area contributed by atoms with Crippen LogP contribution in [0.5, 0.6) is 0 Å². The third-order valence-electron chi connectivity index (χ3n) is 3.21. The van der Waals surface area contributed by atoms with E-state index in [1.54, 1.807) is 16.2 Å². The van der Waals surface area contributed by atoms with E-state index >= 15 is 0 Å². The molecule has 1 saturated heterocycles. The average Bonchev–Trinajstić information content (AvgIpc) is 2.83. The Kier molecular flexibility index (Phi) is 5.48. The van der Waals surface area contributed by atoms with Gasteiger partial charge >= 0.3 is 6.09 Å². The zero-order valence-electron chi connectivity index (χ0n) is 11.0. The van der Waals surface area contributed by atoms with Gasteiger partial charge in [-0.05, 0) is 25.8 Å². The van der Waals surface area contributed by atoms with Crippen molar-refractivity contribution in [2.45, 2.75) is 32.4 Å². The number of nitrogens with one attached hydrogen (secondary N) is 1. The van der Waals surface area contributed by atoms with Crippen LogP contribution in [0.2, 0.25) is 5.02 Å². The van der Waals surface area contributed by atoms with Crippen LogP contribution in [-0.4, -0.2) is 36.7 Å². The van der Waals surface area contributed by atoms with E-state index in [-0.39, 0.29) is 6.09 Å². The topological polar surface area (TPSA) is 41.6 Å². The van der Waals surface area contributed by atoms with Crippen molar-refractivity contribution in [1.29, 1.82) is 0 Å². The lowest BCUT2D eigenvalue weighted by Crippen LogP contribution is -2.44. The molecule has 2 rings (SSSR count). The number of halogens is 1. The summed E-state index contributed by atoms with van der Waals surface area (Å²) in [5, 5.41) is 6.27. The molecule has 1 aromatic heterocycles. The Morgan fingerprint density at radius 2 is 2.32 bits per heavy atom. The van der Waals surface area contributed by atoms with Crippen molar-refractivity contribution in [1.82, 2.24) is 10.2 Å². The van der Waals surface area contributed by atoms with E-state index < -0.39 is 0 Å². The molecule has 1 aliphatic heterocycles. The Morgan fingerprint density at radius 3 is 2.89 bits per heavy atom. The summed E-state index contributed by atoms with van der Waals surface area (Å²) < 4.78 is 5.00. The maximum absolute atomic E-state index is 11.6. The van der Waals surface area contributed by atoms with Crippen LogP contribution >= 0.6 is 22.9 Å². The third-order valence-corrected chi connectivity index (χ3v) is 4.49. The summed E-state index contributed by atoms with van der Waals surface area (Å²) in [5.74, 6) is 0. The minimum Gasteiger partial charge on any atom is -0.450 e. The highest BCUT2D eigenvalue weighted by atomic mass is 35.5. The number of hydrogen-bond donors (Lipinski definition) is 1. The number of nitrogens with zero attached hydrogens (tertiary/aromatic N) is 1. The second-order valence-corrected chi connectivity index (χ2v) is 6.00. The lowest BCUT2D eigenvalue weighted by atomic mass is 10.1. The number of carbonyl (C=O) groups excluding carboxylic acids is 1. The molecule has 1 aliphatic rings. The zero-order valence-corrected chi connectivity index (χ0v) is 12.6. The van der Waals surface area contributed by atoms with Crippen molar-refractivity contribution in [2.24, 2.45) is 0 Å². The first-order valence-electron chi connectivity index (χ1n) is 6.57. The quantitative estimate of drug-likeness (QED) is 0.929. The number of likely N-dealkylation sites (tertiary alicyclic amines) is 1. The number of carbonyl (C=O) groups is 1. The second kappa shape index (κ2) is 7.12. The van der Waals surface area contributed by atoms with Gasteiger partial charge in [0.1, 0.15) is 0 Å². The van der Waals surface area contributed by atoms with Gasteiger partial charge in [-0.1, -0.05) is 11.6 Å². The molecule has 19 heavy (non-hydrogen) atoms. The van der Waals surface area contributed by atoms with Crippen LogP contribution in [0.3, 0.4) is 0 Å². The molecule has 0 spiro atoms. The van der Waals surface area contributed by atoms with Gasteiger partial charge in [0.15, 0.2) is 0 Å². The van der Waals surface area contributed by atoms with E-state index in [0.29, 0.717) is 12.6 Å². The Balaban J connectivity index is 1.70. The minimum absolute atomic E-state index is 0.189. The fourth-order valence-corrected chi connectivity index (χ4v) is 3.20. The van der Waals surface area contributed by atoms with Crippen molar-refractivity contribution >= 4 is 29.0 Å². The van der Waals surface area contributed by atoms with Crippen LogP contribution in [0.15, 0.2) is 11.4 Å². The monoisotopic (exact) mass is 302 g/mol. The van der Waals surface area contributed by atoms with Crippen LogP contribution in [0.4, 0.5) is 4.79 Å². The molecule has 0 saturated carbocycles. The molecule has 0 radical (unpaired) electrons. The highest BCUT2D eigenvalue weighted by Gasteiger charge is 2.23. The molecule has 2 heterocycles. The number of thiophene rings is 1. The lowest BCUT2D eigenvalue weighted by molar-refractivity contribution is 0.0950. The highest BCUT2D eigenvalue weighted by molar-refractivity contribution is 7.10. The molecule has 6 heteroatoms. The first-order chi connectivity index (χ1) is 9.19. The molecule has 106 valence electrons. The summed E-state index contributed by atoms with van der Waals surface area (Å²) >= 11 is 7.56. The van der Waals surface area contributed by atoms with Gasteiger partial charge in [-0.2, -0.15) is 0 Å². The summed E-state index contributed by atoms with van der Waals surface area (Å²) in [4.78, 5) is 14.6. The lowest BCUT2D eigenvalue weighted by Gasteiger charge is -2.31. The normalized spacial score (nSPS) is 16.6. The molecule has 1 fully saturated rings. The van der Waals surface area contributed by atoms with Gasteiger partial charge in [0, 0.05) is 35.9 Å². The standard InChI is InChI=1S/C13H19ClN2O2S/c1-2-18-13(17)16-5-3-11(4-6-16)15-8-12-7-10(14)9-19-12/h7,9,11,15H,2-6,8H2,1H3. The maximum atomic E-state index is 11.6. The molecule has 0 aliphatic carbocycles. The van der Waals surface area contributed by atoms with Crippen molar-refractivity contribution in [2.75, 3.05) is 19.7 Å². The summed E-state index contributed by atoms with van der Waals surface area (Å²) in [5.41, 5.74) is 0. The fraction of sp³-hybridized carbons (Fsp3) is 0.615. The van der Waals surface area contributed by atoms with E-state index in [1.165, 1.54) is 4.88 Å². The van der Waals surface area contributed by atoms with Crippen LogP contribution < -0.4 is 5.32 Å². The summed E-state index contributed by atoms with van der Waals surface area (Å²) in [6, 6.07) is 2.46. The van der Waals surface area contributed by atoms with Crippen LogP contribution in [0.25, 0.3) is 0 Å². The molecular weight excluding hydrogens is 284 g/mol. The summed E-state index contributed by atoms with van der Waals surface area (Å²) in [7, 11) is 0. The molecular formula is C13H19ClN2O2S. The number of rotatable bonds is 4. The molecule has 0 bridgehead atoms. The predicted molar refractivity (Wildman–Crippen MR) is 77.8 cm³/mol. The van der Waals surface area contributed by atoms with E-state index in [4.69, 9.17) is 16.3 Å². The van der Waals surface area contributed by atoms with Crippen molar-refractivity contribution in [3.05, 3.63) is 21.3 Å². The van der Waals surface area contributed by atoms with Crippen LogP contribution in [0.1, 0.15) is 24.6 Å². The number of piperidine rings is 1. The van der Waals surface area contributed by atoms with E-state index in [1.807, 2.05) is 18.4 Å². The van der Waals surface area contributed by atoms with Crippen molar-refractivity contribution in [3.8, 4) is 0 Å². The highest BCUT2D eigenvalue weighted by Crippen LogP contribution is 2.19. The fourth-order valence-electron chi connectivity index (χ4n) is 2.17. The first kappa shape index (κ1) is 14.6. The molecule has 1 N–H and O–H groups in total. The van der Waals surface area contributed by atoms with Gasteiger partial charge in [0.05, 0.1) is 11.6 Å². The smallest absolute Gasteiger partial charge is 0.409 e. The number of amides is 1. The van der Waals surface area contributed by atoms with Gasteiger partial charge in [-0.3, -0.25) is 0 Å². The van der Waals surface area contributed by atoms with Gasteiger partial charge in [-0.15, -0.1) is 11.3 Å². The molecule has 4 nitrogen and oxygen atoms in total. The van der Waals surface area contributed by atoms with Crippen LogP contribution in [-0.2, 0) is 11.3 Å². The maximum Gasteiger partial charge on any atom is 0.409 e. The first-order valence-corrected chi connectivity index (χ1v) is 7.82. The summed E-state index contributed by atoms with van der Waals surface area (Å²) in [6.45, 7) is 4.65. The Hall–Kier alpha value is -0.780. The number of ether oxygens (including phenoxy) is 1. The Morgan fingerprint density at radius 1 is 1.58 bits per heavy atom. The number of hydrogen-bond acceptors (Lipinski definition) is 4. The average molecular weight is 303 g/mol. The van der Waals surface area contributed by atoms with E-state index in [2.05, 4.69) is 5.32 Å². The second-order valence-electron chi connectivity index (χ2n) is 4.57. The summed E-state index contributed by atoms with van der Waals surface area (Å²) in [6.07, 6.45) is 1.75. The molecule has 0 atom stereocenters. The van der Waals surface area contributed by atoms with E-state index in [9.17, 15) is 4.79 Å². The minimum atomic E-state index is -0.189. The SMILES string of the molecule is CCOC(=O)N1CCC(NCc2cc(Cl)cs2)CC1. The molecule has 1 aromatic rings. The molecule has 1 amide bonds. The third kappa shape index (κ3) is 4.37. The largest absolute Gasteiger partial charge is 0.450 e. The van der Waals surface area contributed by atoms with Crippen molar-refractivity contribution < 1.29 is 9.53 Å².